The summed E-state index contributed by atoms with van der Waals surface area (Å²) in [6, 6.07) is 13.5. The smallest absolute Gasteiger partial charge is 0.243 e. The average molecular weight is 551 g/mol. The van der Waals surface area contributed by atoms with Gasteiger partial charge < -0.3 is 9.64 Å². The van der Waals surface area contributed by atoms with Crippen LogP contribution >= 0.6 is 22.9 Å². The summed E-state index contributed by atoms with van der Waals surface area (Å²) in [6.45, 7) is 4.17. The first-order valence-electron chi connectivity index (χ1n) is 11.7. The van der Waals surface area contributed by atoms with Gasteiger partial charge in [0.1, 0.15) is 6.61 Å². The maximum atomic E-state index is 14.2. The van der Waals surface area contributed by atoms with Crippen molar-refractivity contribution >= 4 is 38.9 Å². The quantitative estimate of drug-likeness (QED) is 0.358. The topological polar surface area (TPSA) is 66.9 Å². The molecule has 6 nitrogen and oxygen atoms in total. The predicted octanol–water partition coefficient (Wildman–Crippen LogP) is 5.39. The second kappa shape index (κ2) is 11.3. The molecule has 0 saturated heterocycles. The number of ether oxygens (including phenoxy) is 1. The first-order chi connectivity index (χ1) is 17.2. The molecular weight excluding hydrogens is 523 g/mol. The highest BCUT2D eigenvalue weighted by Gasteiger charge is 2.35. The Morgan fingerprint density at radius 3 is 2.61 bits per heavy atom. The number of nitrogens with zero attached hydrogens (tertiary/aromatic N) is 2. The molecule has 36 heavy (non-hydrogen) atoms. The highest BCUT2D eigenvalue weighted by Crippen LogP contribution is 2.34. The van der Waals surface area contributed by atoms with Gasteiger partial charge in [0.15, 0.2) is 11.6 Å². The lowest BCUT2D eigenvalue weighted by molar-refractivity contribution is -0.135. The standard InChI is InChI=1S/C26H28ClFN2O4S2/c1-18(2)15-29(36(32,33)20-9-7-19(27)8-10-20)16-26(31)30-13-11-25-21(12-14-35-25)23(30)17-34-24-6-4-3-5-22(24)28/h3-10,12,14,18,23H,11,13,15-17H2,1-2H3/t23-/m0/s1. The number of hydrogen-bond acceptors (Lipinski definition) is 5. The van der Waals surface area contributed by atoms with Gasteiger partial charge in [-0.3, -0.25) is 4.79 Å². The molecule has 1 aromatic heterocycles. The van der Waals surface area contributed by atoms with Gasteiger partial charge in [-0.2, -0.15) is 4.31 Å². The molecule has 2 heterocycles. The molecule has 0 radical (unpaired) electrons. The third kappa shape index (κ3) is 5.91. The second-order valence-corrected chi connectivity index (χ2v) is 12.4. The van der Waals surface area contributed by atoms with E-state index in [0.717, 1.165) is 10.4 Å². The fourth-order valence-electron chi connectivity index (χ4n) is 4.26. The molecule has 0 saturated carbocycles. The Morgan fingerprint density at radius 1 is 1.19 bits per heavy atom. The minimum absolute atomic E-state index is 0.00453. The molecule has 3 aromatic rings. The lowest BCUT2D eigenvalue weighted by Gasteiger charge is -2.37. The summed E-state index contributed by atoms with van der Waals surface area (Å²) in [5.74, 6) is -0.690. The number of carbonyl (C=O) groups is 1. The van der Waals surface area contributed by atoms with Crippen molar-refractivity contribution in [3.05, 3.63) is 81.3 Å². The number of sulfonamides is 1. The third-order valence-electron chi connectivity index (χ3n) is 5.98. The molecule has 2 aromatic carbocycles. The molecule has 1 aliphatic rings. The van der Waals surface area contributed by atoms with Crippen molar-refractivity contribution in [3.8, 4) is 5.75 Å². The van der Waals surface area contributed by atoms with E-state index in [-0.39, 0.29) is 42.2 Å². The minimum atomic E-state index is -3.93. The molecular formula is C26H28ClFN2O4S2. The van der Waals surface area contributed by atoms with Gasteiger partial charge in [0.2, 0.25) is 15.9 Å². The minimum Gasteiger partial charge on any atom is -0.488 e. The van der Waals surface area contributed by atoms with Crippen LogP contribution in [0.1, 0.15) is 30.3 Å². The summed E-state index contributed by atoms with van der Waals surface area (Å²) >= 11 is 7.55. The van der Waals surface area contributed by atoms with Crippen LogP contribution in [-0.4, -0.2) is 49.8 Å². The van der Waals surface area contributed by atoms with E-state index in [0.29, 0.717) is 18.0 Å². The first kappa shape index (κ1) is 26.6. The Morgan fingerprint density at radius 2 is 1.92 bits per heavy atom. The summed E-state index contributed by atoms with van der Waals surface area (Å²) in [5, 5.41) is 2.39. The van der Waals surface area contributed by atoms with Crippen LogP contribution in [0.4, 0.5) is 4.39 Å². The predicted molar refractivity (Wildman–Crippen MR) is 139 cm³/mol. The molecule has 0 fully saturated rings. The van der Waals surface area contributed by atoms with Gasteiger partial charge in [-0.15, -0.1) is 11.3 Å². The van der Waals surface area contributed by atoms with Gasteiger partial charge in [-0.1, -0.05) is 37.6 Å². The molecule has 4 rings (SSSR count). The largest absolute Gasteiger partial charge is 0.488 e. The molecule has 1 amide bonds. The fourth-order valence-corrected chi connectivity index (χ4v) is 6.86. The van der Waals surface area contributed by atoms with E-state index < -0.39 is 21.9 Å². The summed E-state index contributed by atoms with van der Waals surface area (Å²) in [5.41, 5.74) is 0.951. The third-order valence-corrected chi connectivity index (χ3v) is 9.05. The Balaban J connectivity index is 1.58. The first-order valence-corrected chi connectivity index (χ1v) is 14.4. The second-order valence-electron chi connectivity index (χ2n) is 9.04. The summed E-state index contributed by atoms with van der Waals surface area (Å²) in [6.07, 6.45) is 0.670. The molecule has 0 spiro atoms. The molecule has 0 unspecified atom stereocenters. The van der Waals surface area contributed by atoms with Crippen molar-refractivity contribution in [2.75, 3.05) is 26.2 Å². The van der Waals surface area contributed by atoms with E-state index >= 15 is 0 Å². The van der Waals surface area contributed by atoms with Crippen LogP contribution in [0, 0.1) is 11.7 Å². The van der Waals surface area contributed by atoms with Crippen molar-refractivity contribution in [1.82, 2.24) is 9.21 Å². The highest BCUT2D eigenvalue weighted by molar-refractivity contribution is 7.89. The average Bonchev–Trinajstić information content (AvgIpc) is 3.32. The Kier molecular flexibility index (Phi) is 8.34. The number of amides is 1. The number of carbonyl (C=O) groups excluding carboxylic acids is 1. The van der Waals surface area contributed by atoms with E-state index in [1.54, 1.807) is 34.4 Å². The molecule has 0 N–H and O–H groups in total. The summed E-state index contributed by atoms with van der Waals surface area (Å²) in [4.78, 5) is 16.5. The van der Waals surface area contributed by atoms with Gasteiger partial charge in [-0.05, 0) is 65.7 Å². The van der Waals surface area contributed by atoms with Crippen molar-refractivity contribution in [3.63, 3.8) is 0 Å². The Labute approximate surface area is 220 Å². The van der Waals surface area contributed by atoms with Crippen LogP contribution in [0.5, 0.6) is 5.75 Å². The van der Waals surface area contributed by atoms with Gasteiger partial charge in [0.05, 0.1) is 17.5 Å². The maximum absolute atomic E-state index is 14.2. The Hall–Kier alpha value is -2.46. The van der Waals surface area contributed by atoms with Crippen molar-refractivity contribution in [2.45, 2.75) is 31.2 Å². The van der Waals surface area contributed by atoms with Crippen LogP contribution in [0.25, 0.3) is 0 Å². The van der Waals surface area contributed by atoms with E-state index in [1.807, 2.05) is 25.3 Å². The molecule has 0 aliphatic carbocycles. The molecule has 1 aliphatic heterocycles. The fraction of sp³-hybridized carbons (Fsp3) is 0.346. The number of fused-ring (bicyclic) bond motifs is 1. The van der Waals surface area contributed by atoms with Gasteiger partial charge in [-0.25, -0.2) is 12.8 Å². The van der Waals surface area contributed by atoms with Crippen LogP contribution < -0.4 is 4.74 Å². The monoisotopic (exact) mass is 550 g/mol. The van der Waals surface area contributed by atoms with E-state index in [2.05, 4.69) is 0 Å². The van der Waals surface area contributed by atoms with Gasteiger partial charge >= 0.3 is 0 Å². The van der Waals surface area contributed by atoms with E-state index in [1.165, 1.54) is 34.6 Å². The molecule has 10 heteroatoms. The molecule has 0 bridgehead atoms. The summed E-state index contributed by atoms with van der Waals surface area (Å²) < 4.78 is 48.0. The highest BCUT2D eigenvalue weighted by atomic mass is 35.5. The van der Waals surface area contributed by atoms with Crippen LogP contribution in [0.15, 0.2) is 64.9 Å². The summed E-state index contributed by atoms with van der Waals surface area (Å²) in [7, 11) is -3.93. The van der Waals surface area contributed by atoms with Gasteiger partial charge in [0, 0.05) is 23.0 Å². The lowest BCUT2D eigenvalue weighted by Crippen LogP contribution is -2.48. The molecule has 192 valence electrons. The zero-order valence-electron chi connectivity index (χ0n) is 20.1. The zero-order valence-corrected chi connectivity index (χ0v) is 22.5. The lowest BCUT2D eigenvalue weighted by atomic mass is 10.0. The molecule has 1 atom stereocenters. The normalized spacial score (nSPS) is 15.8. The number of para-hydroxylation sites is 1. The number of benzene rings is 2. The van der Waals surface area contributed by atoms with Crippen LogP contribution in [0.3, 0.4) is 0 Å². The maximum Gasteiger partial charge on any atom is 0.243 e. The van der Waals surface area contributed by atoms with Gasteiger partial charge in [0.25, 0.3) is 0 Å². The zero-order chi connectivity index (χ0) is 25.9. The number of hydrogen-bond donors (Lipinski definition) is 0. The van der Waals surface area contributed by atoms with Crippen LogP contribution in [0.2, 0.25) is 5.02 Å². The number of halogens is 2. The number of rotatable bonds is 9. The number of thiophene rings is 1. The van der Waals surface area contributed by atoms with Crippen LogP contribution in [-0.2, 0) is 21.2 Å². The SMILES string of the molecule is CC(C)CN(CC(=O)N1CCc2sccc2[C@@H]1COc1ccccc1F)S(=O)(=O)c1ccc(Cl)cc1. The van der Waals surface area contributed by atoms with E-state index in [4.69, 9.17) is 16.3 Å². The van der Waals surface area contributed by atoms with E-state index in [9.17, 15) is 17.6 Å². The Bertz CT molecular complexity index is 1310. The van der Waals surface area contributed by atoms with Crippen molar-refractivity contribution in [2.24, 2.45) is 5.92 Å². The van der Waals surface area contributed by atoms with Crippen molar-refractivity contribution < 1.29 is 22.3 Å². The van der Waals surface area contributed by atoms with Crippen molar-refractivity contribution in [1.29, 1.82) is 0 Å².